The van der Waals surface area contributed by atoms with Crippen molar-refractivity contribution in [2.24, 2.45) is 5.92 Å². The minimum atomic E-state index is 1.04. The van der Waals surface area contributed by atoms with Crippen molar-refractivity contribution in [3.05, 3.63) is 0 Å². The first-order chi connectivity index (χ1) is 4.93. The van der Waals surface area contributed by atoms with E-state index < -0.39 is 0 Å². The van der Waals surface area contributed by atoms with Crippen molar-refractivity contribution < 1.29 is 0 Å². The molecule has 0 aromatic heterocycles. The maximum Gasteiger partial charge on any atom is 0.0169 e. The third-order valence-electron chi connectivity index (χ3n) is 2.37. The van der Waals surface area contributed by atoms with Gasteiger partial charge in [0.15, 0.2) is 0 Å². The molecule has 0 aliphatic heterocycles. The fourth-order valence-corrected chi connectivity index (χ4v) is 2.05. The molecule has 1 aliphatic carbocycles. The molecule has 0 bridgehead atoms. The van der Waals surface area contributed by atoms with Crippen LogP contribution in [-0.2, 0) is 0 Å². The van der Waals surface area contributed by atoms with Gasteiger partial charge in [-0.25, -0.2) is 0 Å². The van der Waals surface area contributed by atoms with E-state index in [1.54, 1.807) is 0 Å². The van der Waals surface area contributed by atoms with Crippen LogP contribution in [0.3, 0.4) is 0 Å². The summed E-state index contributed by atoms with van der Waals surface area (Å²) in [5.74, 6) is 1.04. The summed E-state index contributed by atoms with van der Waals surface area (Å²) in [4.78, 5) is 0. The van der Waals surface area contributed by atoms with Gasteiger partial charge in [-0.2, -0.15) is 0 Å². The van der Waals surface area contributed by atoms with E-state index >= 15 is 0 Å². The topological polar surface area (TPSA) is 12.0 Å². The molecule has 0 saturated heterocycles. The molecule has 0 unspecified atom stereocenters. The lowest BCUT2D eigenvalue weighted by Gasteiger charge is -2.20. The van der Waals surface area contributed by atoms with Crippen molar-refractivity contribution in [1.29, 1.82) is 0 Å². The maximum absolute atomic E-state index is 3.18. The second-order valence-corrected chi connectivity index (χ2v) is 3.94. The van der Waals surface area contributed by atoms with Crippen LogP contribution in [-0.4, -0.2) is 6.54 Å². The van der Waals surface area contributed by atoms with E-state index in [1.807, 2.05) is 0 Å². The van der Waals surface area contributed by atoms with Crippen LogP contribution in [0.2, 0.25) is 0 Å². The van der Waals surface area contributed by atoms with Crippen LogP contribution in [0.25, 0.3) is 0 Å². The van der Waals surface area contributed by atoms with Crippen LogP contribution < -0.4 is 3.53 Å². The van der Waals surface area contributed by atoms with Gasteiger partial charge in [0.1, 0.15) is 0 Å². The smallest absolute Gasteiger partial charge is 0.0169 e. The predicted molar refractivity (Wildman–Crippen MR) is 53.2 cm³/mol. The Morgan fingerprint density at radius 3 is 2.50 bits per heavy atom. The average Bonchev–Trinajstić information content (AvgIpc) is 2.03. The molecule has 0 heterocycles. The van der Waals surface area contributed by atoms with Crippen molar-refractivity contribution in [2.45, 2.75) is 38.5 Å². The van der Waals surface area contributed by atoms with Crippen LogP contribution in [0.1, 0.15) is 38.5 Å². The third-order valence-corrected chi connectivity index (χ3v) is 2.91. The zero-order valence-corrected chi connectivity index (χ0v) is 8.56. The Morgan fingerprint density at radius 1 is 1.20 bits per heavy atom. The molecule has 1 rings (SSSR count). The fraction of sp³-hybridized carbons (Fsp3) is 1.00. The molecule has 10 heavy (non-hydrogen) atoms. The highest BCUT2D eigenvalue weighted by molar-refractivity contribution is 14.1. The van der Waals surface area contributed by atoms with Gasteiger partial charge < -0.3 is 0 Å². The molecule has 0 radical (unpaired) electrons. The molecule has 1 fully saturated rings. The Labute approximate surface area is 77.5 Å². The first-order valence-corrected chi connectivity index (χ1v) is 5.35. The van der Waals surface area contributed by atoms with Gasteiger partial charge in [-0.05, 0) is 12.3 Å². The first kappa shape index (κ1) is 8.78. The predicted octanol–water partition coefficient (Wildman–Crippen LogP) is 2.90. The highest BCUT2D eigenvalue weighted by Crippen LogP contribution is 2.25. The minimum Gasteiger partial charge on any atom is -0.261 e. The standard InChI is InChI=1S/C8H16IN/c9-10-7-6-8-4-2-1-3-5-8/h8,10H,1-7H2. The van der Waals surface area contributed by atoms with Crippen LogP contribution in [0, 0.1) is 5.92 Å². The second-order valence-electron chi connectivity index (χ2n) is 3.18. The zero-order chi connectivity index (χ0) is 7.23. The minimum absolute atomic E-state index is 1.04. The molecule has 1 N–H and O–H groups in total. The largest absolute Gasteiger partial charge is 0.261 e. The first-order valence-electron chi connectivity index (χ1n) is 4.27. The molecule has 0 aromatic rings. The highest BCUT2D eigenvalue weighted by Gasteiger charge is 2.11. The van der Waals surface area contributed by atoms with E-state index in [-0.39, 0.29) is 0 Å². The number of rotatable bonds is 3. The third kappa shape index (κ3) is 3.19. The van der Waals surface area contributed by atoms with Gasteiger partial charge in [0, 0.05) is 29.4 Å². The zero-order valence-electron chi connectivity index (χ0n) is 6.41. The van der Waals surface area contributed by atoms with Crippen LogP contribution in [0.4, 0.5) is 0 Å². The van der Waals surface area contributed by atoms with Gasteiger partial charge in [-0.1, -0.05) is 32.1 Å². The van der Waals surface area contributed by atoms with Gasteiger partial charge in [-0.15, -0.1) is 0 Å². The van der Waals surface area contributed by atoms with E-state index in [1.165, 1.54) is 45.1 Å². The summed E-state index contributed by atoms with van der Waals surface area (Å²) < 4.78 is 3.18. The maximum atomic E-state index is 3.18. The molecular weight excluding hydrogens is 237 g/mol. The van der Waals surface area contributed by atoms with E-state index in [4.69, 9.17) is 0 Å². The van der Waals surface area contributed by atoms with Crippen LogP contribution in [0.15, 0.2) is 0 Å². The monoisotopic (exact) mass is 253 g/mol. The van der Waals surface area contributed by atoms with Gasteiger partial charge in [-0.3, -0.25) is 3.53 Å². The Bertz CT molecular complexity index is 79.3. The molecule has 60 valence electrons. The van der Waals surface area contributed by atoms with Gasteiger partial charge in [0.25, 0.3) is 0 Å². The van der Waals surface area contributed by atoms with Crippen LogP contribution in [0.5, 0.6) is 0 Å². The quantitative estimate of drug-likeness (QED) is 0.602. The average molecular weight is 253 g/mol. The molecule has 1 aliphatic rings. The summed E-state index contributed by atoms with van der Waals surface area (Å²) in [6.45, 7) is 1.20. The lowest BCUT2D eigenvalue weighted by atomic mass is 9.87. The SMILES string of the molecule is INCCC1CCCCC1. The van der Waals surface area contributed by atoms with E-state index in [0.29, 0.717) is 0 Å². The Hall–Kier alpha value is 0.690. The summed E-state index contributed by atoms with van der Waals surface area (Å²) in [6, 6.07) is 0. The molecular formula is C8H16IN. The Morgan fingerprint density at radius 2 is 1.90 bits per heavy atom. The molecule has 1 nitrogen and oxygen atoms in total. The molecule has 0 aromatic carbocycles. The summed E-state index contributed by atoms with van der Waals surface area (Å²) in [5.41, 5.74) is 0. The number of hydrogen-bond donors (Lipinski definition) is 1. The second kappa shape index (κ2) is 5.35. The van der Waals surface area contributed by atoms with Crippen LogP contribution >= 0.6 is 22.9 Å². The van der Waals surface area contributed by atoms with Gasteiger partial charge in [0.05, 0.1) is 0 Å². The summed E-state index contributed by atoms with van der Waals surface area (Å²) >= 11 is 2.23. The molecule has 0 spiro atoms. The normalized spacial score (nSPS) is 21.3. The summed E-state index contributed by atoms with van der Waals surface area (Å²) in [5, 5.41) is 0. The van der Waals surface area contributed by atoms with Crippen molar-refractivity contribution in [3.8, 4) is 0 Å². The van der Waals surface area contributed by atoms with Crippen molar-refractivity contribution in [2.75, 3.05) is 6.54 Å². The lowest BCUT2D eigenvalue weighted by Crippen LogP contribution is -2.11. The molecule has 1 saturated carbocycles. The Balaban J connectivity index is 2.02. The molecule has 0 amide bonds. The number of hydrogen-bond acceptors (Lipinski definition) is 1. The van der Waals surface area contributed by atoms with E-state index in [9.17, 15) is 0 Å². The Kier molecular flexibility index (Phi) is 4.70. The number of nitrogens with one attached hydrogen (secondary N) is 1. The molecule has 0 atom stereocenters. The number of halogens is 1. The van der Waals surface area contributed by atoms with E-state index in [2.05, 4.69) is 26.4 Å². The van der Waals surface area contributed by atoms with Crippen molar-refractivity contribution in [3.63, 3.8) is 0 Å². The van der Waals surface area contributed by atoms with Gasteiger partial charge in [0.2, 0.25) is 0 Å². The fourth-order valence-electron chi connectivity index (χ4n) is 1.73. The highest BCUT2D eigenvalue weighted by atomic mass is 127. The van der Waals surface area contributed by atoms with Crippen molar-refractivity contribution >= 4 is 22.9 Å². The molecule has 2 heteroatoms. The summed E-state index contributed by atoms with van der Waals surface area (Å²) in [6.07, 6.45) is 8.80. The summed E-state index contributed by atoms with van der Waals surface area (Å²) in [7, 11) is 0. The van der Waals surface area contributed by atoms with Crippen molar-refractivity contribution in [1.82, 2.24) is 3.53 Å². The van der Waals surface area contributed by atoms with E-state index in [0.717, 1.165) is 5.92 Å². The van der Waals surface area contributed by atoms with Gasteiger partial charge >= 0.3 is 0 Å². The lowest BCUT2D eigenvalue weighted by molar-refractivity contribution is 0.341.